The van der Waals surface area contributed by atoms with Gasteiger partial charge in [-0.2, -0.15) is 5.10 Å². The number of fused-ring (bicyclic) bond motifs is 2. The van der Waals surface area contributed by atoms with Crippen LogP contribution in [0, 0.1) is 6.92 Å². The Balaban J connectivity index is 1.51. The molecule has 0 bridgehead atoms. The van der Waals surface area contributed by atoms with Crippen LogP contribution in [-0.4, -0.2) is 57.7 Å². The maximum absolute atomic E-state index is 12.9. The van der Waals surface area contributed by atoms with Gasteiger partial charge in [-0.15, -0.1) is 0 Å². The normalized spacial score (nSPS) is 16.0. The average Bonchev–Trinajstić information content (AvgIpc) is 3.38. The fourth-order valence-electron chi connectivity index (χ4n) is 4.62. The number of benzene rings is 2. The van der Waals surface area contributed by atoms with Gasteiger partial charge in [0.1, 0.15) is 12.7 Å². The number of hydrogen-bond donors (Lipinski definition) is 3. The van der Waals surface area contributed by atoms with Gasteiger partial charge in [0, 0.05) is 22.6 Å². The minimum Gasteiger partial charge on any atom is -0.475 e. The second kappa shape index (κ2) is 9.06. The van der Waals surface area contributed by atoms with E-state index in [4.69, 9.17) is 24.9 Å². The Morgan fingerprint density at radius 2 is 2.11 bits per heavy atom. The van der Waals surface area contributed by atoms with E-state index in [2.05, 4.69) is 20.2 Å². The molecule has 36 heavy (non-hydrogen) atoms. The molecule has 1 aliphatic rings. The summed E-state index contributed by atoms with van der Waals surface area (Å²) < 4.78 is 17.0. The summed E-state index contributed by atoms with van der Waals surface area (Å²) in [5.74, 6) is 0.436. The zero-order valence-corrected chi connectivity index (χ0v) is 19.6. The summed E-state index contributed by atoms with van der Waals surface area (Å²) in [5, 5.41) is 8.42. The van der Waals surface area contributed by atoms with Crippen molar-refractivity contribution in [1.29, 1.82) is 0 Å². The van der Waals surface area contributed by atoms with E-state index < -0.39 is 0 Å². The Morgan fingerprint density at radius 3 is 2.97 bits per heavy atom. The standard InChI is InChI=1S/C26H24N6O4/c1-14-5-6-20-18(10-30-32-20)22(14)17-9-16(25-23(24(17)27)26(33)29-13-28-25)19-3-2-4-21(31-19)36-12-15-11-34-7-8-35-15/h2-6,9-10,13,15H,7-8,11-12,27H2,1H3,(H,30,32)(H,28,29,33)/t15-/m1/s1. The van der Waals surface area contributed by atoms with Gasteiger partial charge in [-0.1, -0.05) is 12.1 Å². The Kier molecular flexibility index (Phi) is 5.59. The Labute approximate surface area is 205 Å². The van der Waals surface area contributed by atoms with Crippen LogP contribution < -0.4 is 16.0 Å². The molecular formula is C26H24N6O4. The number of hydrogen-bond acceptors (Lipinski definition) is 8. The van der Waals surface area contributed by atoms with E-state index in [1.165, 1.54) is 6.33 Å². The summed E-state index contributed by atoms with van der Waals surface area (Å²) in [7, 11) is 0. The fraction of sp³-hybridized carbons (Fsp3) is 0.231. The van der Waals surface area contributed by atoms with Crippen LogP contribution in [0.5, 0.6) is 5.88 Å². The van der Waals surface area contributed by atoms with Crippen LogP contribution in [0.1, 0.15) is 5.56 Å². The number of pyridine rings is 1. The second-order valence-electron chi connectivity index (χ2n) is 8.67. The van der Waals surface area contributed by atoms with E-state index in [0.717, 1.165) is 22.0 Å². The van der Waals surface area contributed by atoms with Crippen molar-refractivity contribution >= 4 is 27.5 Å². The predicted molar refractivity (Wildman–Crippen MR) is 136 cm³/mol. The summed E-state index contributed by atoms with van der Waals surface area (Å²) in [6, 6.07) is 11.4. The molecule has 1 aliphatic heterocycles. The average molecular weight is 485 g/mol. The summed E-state index contributed by atoms with van der Waals surface area (Å²) in [6.07, 6.45) is 2.99. The molecule has 4 N–H and O–H groups in total. The molecule has 0 unspecified atom stereocenters. The Hall–Kier alpha value is -4.28. The van der Waals surface area contributed by atoms with Gasteiger partial charge in [-0.05, 0) is 36.2 Å². The number of anilines is 1. The molecule has 182 valence electrons. The molecule has 0 saturated carbocycles. The molecule has 0 amide bonds. The highest BCUT2D eigenvalue weighted by Gasteiger charge is 2.21. The highest BCUT2D eigenvalue weighted by atomic mass is 16.6. The number of aryl methyl sites for hydroxylation is 1. The molecule has 1 fully saturated rings. The molecule has 0 spiro atoms. The van der Waals surface area contributed by atoms with Crippen LogP contribution in [0.4, 0.5) is 5.69 Å². The van der Waals surface area contributed by atoms with Crippen molar-refractivity contribution in [3.63, 3.8) is 0 Å². The van der Waals surface area contributed by atoms with E-state index in [9.17, 15) is 4.79 Å². The zero-order chi connectivity index (χ0) is 24.6. The first-order valence-electron chi connectivity index (χ1n) is 11.6. The SMILES string of the molecule is Cc1ccc2[nH]ncc2c1-c1cc(-c2cccc(OC[C@H]3COCCO3)n2)c2nc[nH]c(=O)c2c1N. The summed E-state index contributed by atoms with van der Waals surface area (Å²) >= 11 is 0. The molecule has 1 atom stereocenters. The van der Waals surface area contributed by atoms with E-state index in [1.807, 2.05) is 37.3 Å². The first-order valence-corrected chi connectivity index (χ1v) is 11.6. The van der Waals surface area contributed by atoms with E-state index in [1.54, 1.807) is 12.3 Å². The van der Waals surface area contributed by atoms with Gasteiger partial charge in [-0.25, -0.2) is 9.97 Å². The number of aromatic amines is 2. The van der Waals surface area contributed by atoms with Crippen molar-refractivity contribution in [3.05, 3.63) is 64.8 Å². The zero-order valence-electron chi connectivity index (χ0n) is 19.6. The molecule has 5 aromatic rings. The third kappa shape index (κ3) is 3.86. The Morgan fingerprint density at radius 1 is 1.19 bits per heavy atom. The molecule has 2 aromatic carbocycles. The van der Waals surface area contributed by atoms with Gasteiger partial charge in [0.05, 0.1) is 60.1 Å². The minimum atomic E-state index is -0.320. The second-order valence-corrected chi connectivity index (χ2v) is 8.67. The highest BCUT2D eigenvalue weighted by Crippen LogP contribution is 2.40. The van der Waals surface area contributed by atoms with E-state index >= 15 is 0 Å². The summed E-state index contributed by atoms with van der Waals surface area (Å²) in [4.78, 5) is 24.8. The largest absolute Gasteiger partial charge is 0.475 e. The number of rotatable bonds is 5. The molecule has 0 aliphatic carbocycles. The number of nitrogen functional groups attached to an aromatic ring is 1. The molecule has 3 aromatic heterocycles. The quantitative estimate of drug-likeness (QED) is 0.323. The lowest BCUT2D eigenvalue weighted by molar-refractivity contribution is -0.102. The van der Waals surface area contributed by atoms with Gasteiger partial charge in [-0.3, -0.25) is 9.89 Å². The van der Waals surface area contributed by atoms with Gasteiger partial charge >= 0.3 is 0 Å². The molecular weight excluding hydrogens is 460 g/mol. The lowest BCUT2D eigenvalue weighted by Gasteiger charge is -2.22. The van der Waals surface area contributed by atoms with E-state index in [-0.39, 0.29) is 11.7 Å². The number of ether oxygens (including phenoxy) is 3. The molecule has 0 radical (unpaired) electrons. The van der Waals surface area contributed by atoms with Crippen molar-refractivity contribution in [2.45, 2.75) is 13.0 Å². The number of H-pyrrole nitrogens is 2. The van der Waals surface area contributed by atoms with Crippen molar-refractivity contribution in [2.24, 2.45) is 0 Å². The lowest BCUT2D eigenvalue weighted by atomic mass is 9.91. The maximum Gasteiger partial charge on any atom is 0.260 e. The van der Waals surface area contributed by atoms with Crippen LogP contribution >= 0.6 is 0 Å². The summed E-state index contributed by atoms with van der Waals surface area (Å²) in [5.41, 5.74) is 11.9. The molecule has 1 saturated heterocycles. The minimum absolute atomic E-state index is 0.146. The third-order valence-corrected chi connectivity index (χ3v) is 6.36. The van der Waals surface area contributed by atoms with Crippen molar-refractivity contribution in [2.75, 3.05) is 32.2 Å². The van der Waals surface area contributed by atoms with Gasteiger partial charge in [0.25, 0.3) is 5.56 Å². The van der Waals surface area contributed by atoms with Gasteiger partial charge < -0.3 is 24.9 Å². The molecule has 4 heterocycles. The molecule has 10 nitrogen and oxygen atoms in total. The predicted octanol–water partition coefficient (Wildman–Crippen LogP) is 3.21. The summed E-state index contributed by atoms with van der Waals surface area (Å²) in [6.45, 7) is 3.95. The third-order valence-electron chi connectivity index (χ3n) is 6.36. The van der Waals surface area contributed by atoms with Crippen molar-refractivity contribution in [3.8, 4) is 28.3 Å². The van der Waals surface area contributed by atoms with E-state index in [0.29, 0.717) is 65.7 Å². The number of nitrogens with one attached hydrogen (secondary N) is 2. The first kappa shape index (κ1) is 22.2. The lowest BCUT2D eigenvalue weighted by Crippen LogP contribution is -2.33. The van der Waals surface area contributed by atoms with Gasteiger partial charge in [0.15, 0.2) is 0 Å². The van der Waals surface area contributed by atoms with Crippen LogP contribution in [0.2, 0.25) is 0 Å². The number of aromatic nitrogens is 5. The Bertz CT molecular complexity index is 1640. The monoisotopic (exact) mass is 484 g/mol. The number of nitrogens with two attached hydrogens (primary N) is 1. The number of nitrogens with zero attached hydrogens (tertiary/aromatic N) is 3. The fourth-order valence-corrected chi connectivity index (χ4v) is 4.62. The van der Waals surface area contributed by atoms with Crippen LogP contribution in [-0.2, 0) is 9.47 Å². The highest BCUT2D eigenvalue weighted by molar-refractivity contribution is 6.09. The van der Waals surface area contributed by atoms with Gasteiger partial charge in [0.2, 0.25) is 5.88 Å². The molecule has 6 rings (SSSR count). The van der Waals surface area contributed by atoms with Crippen LogP contribution in [0.25, 0.3) is 44.2 Å². The van der Waals surface area contributed by atoms with Crippen molar-refractivity contribution < 1.29 is 14.2 Å². The smallest absolute Gasteiger partial charge is 0.260 e. The first-order chi connectivity index (χ1) is 17.6. The van der Waals surface area contributed by atoms with Crippen LogP contribution in [0.15, 0.2) is 53.7 Å². The topological polar surface area (TPSA) is 141 Å². The molecule has 10 heteroatoms. The van der Waals surface area contributed by atoms with Crippen LogP contribution in [0.3, 0.4) is 0 Å². The maximum atomic E-state index is 12.9. The van der Waals surface area contributed by atoms with Crippen molar-refractivity contribution in [1.82, 2.24) is 25.1 Å².